The van der Waals surface area contributed by atoms with E-state index in [9.17, 15) is 14.7 Å². The van der Waals surface area contributed by atoms with E-state index in [1.54, 1.807) is 0 Å². The molecule has 8 heteroatoms. The summed E-state index contributed by atoms with van der Waals surface area (Å²) >= 11 is 0. The summed E-state index contributed by atoms with van der Waals surface area (Å²) in [6, 6.07) is -1.40. The molecule has 0 aliphatic rings. The summed E-state index contributed by atoms with van der Waals surface area (Å²) in [6.07, 6.45) is -0.595. The summed E-state index contributed by atoms with van der Waals surface area (Å²) in [7, 11) is 0. The third-order valence-corrected chi connectivity index (χ3v) is 0.697. The fraction of sp³-hybridized carbons (Fsp3) is 0.500. The van der Waals surface area contributed by atoms with Gasteiger partial charge >= 0.3 is 35.5 Å². The second kappa shape index (κ2) is 10.8. The number of hydrogen-bond acceptors (Lipinski definition) is 4. The van der Waals surface area contributed by atoms with Gasteiger partial charge in [0.1, 0.15) is 0 Å². The van der Waals surface area contributed by atoms with Crippen LogP contribution in [-0.4, -0.2) is 34.0 Å². The minimum absolute atomic E-state index is 0. The maximum Gasteiger partial charge on any atom is 1.00 e. The Kier molecular flexibility index (Phi) is 20.4. The van der Waals surface area contributed by atoms with Crippen LogP contribution < -0.4 is 40.4 Å². The summed E-state index contributed by atoms with van der Waals surface area (Å²) in [4.78, 5) is 19.5. The van der Waals surface area contributed by atoms with Gasteiger partial charge < -0.3 is 31.7 Å². The van der Waals surface area contributed by atoms with Gasteiger partial charge in [0, 0.05) is 0 Å². The Balaban J connectivity index is -0.000000107. The average Bonchev–Trinajstić information content (AvgIpc) is 1.63. The molecular weight excluding hydrogens is 181 g/mol. The van der Waals surface area contributed by atoms with Crippen LogP contribution in [0.4, 0.5) is 0 Å². The number of nitrogens with two attached hydrogens (primary N) is 1. The van der Waals surface area contributed by atoms with E-state index in [0.717, 1.165) is 0 Å². The molecule has 0 fully saturated rings. The molecule has 0 heterocycles. The molecule has 12 heavy (non-hydrogen) atoms. The van der Waals surface area contributed by atoms with E-state index in [1.807, 2.05) is 0 Å². The first-order valence-corrected chi connectivity index (χ1v) is 2.22. The number of hydrogen-bond donors (Lipinski definition) is 2. The second-order valence-electron chi connectivity index (χ2n) is 1.52. The molecule has 1 unspecified atom stereocenters. The van der Waals surface area contributed by atoms with Crippen molar-refractivity contribution in [1.82, 2.24) is 0 Å². The normalized spacial score (nSPS) is 9.42. The summed E-state index contributed by atoms with van der Waals surface area (Å²) in [5, 5.41) is 17.7. The van der Waals surface area contributed by atoms with Crippen molar-refractivity contribution in [3.8, 4) is 0 Å². The van der Waals surface area contributed by atoms with Crippen LogP contribution in [0, 0.1) is 0 Å². The summed E-state index contributed by atoms with van der Waals surface area (Å²) in [5.41, 5.74) is 4.77. The van der Waals surface area contributed by atoms with Crippen molar-refractivity contribution < 1.29 is 60.3 Å². The maximum absolute atomic E-state index is 9.74. The van der Waals surface area contributed by atoms with Gasteiger partial charge in [0.15, 0.2) is 0 Å². The zero-order valence-electron chi connectivity index (χ0n) is 6.53. The molecule has 0 bridgehead atoms. The maximum atomic E-state index is 9.74. The van der Waals surface area contributed by atoms with Crippen molar-refractivity contribution in [2.45, 2.75) is 12.5 Å². The van der Waals surface area contributed by atoms with Crippen molar-refractivity contribution in [2.24, 2.45) is 5.73 Å². The molecule has 0 radical (unpaired) electrons. The van der Waals surface area contributed by atoms with Crippen molar-refractivity contribution in [2.75, 3.05) is 0 Å². The van der Waals surface area contributed by atoms with Gasteiger partial charge in [-0.15, -0.1) is 0 Å². The number of carbonyl (C=O) groups excluding carboxylic acids is 1. The third kappa shape index (κ3) is 12.5. The van der Waals surface area contributed by atoms with Gasteiger partial charge in [0.05, 0.1) is 18.4 Å². The molecule has 0 aromatic heterocycles. The van der Waals surface area contributed by atoms with Crippen LogP contribution in [-0.2, 0) is 9.59 Å². The van der Waals surface area contributed by atoms with Crippen LogP contribution in [0.3, 0.4) is 0 Å². The van der Waals surface area contributed by atoms with Crippen LogP contribution in [0.5, 0.6) is 0 Å². The van der Waals surface area contributed by atoms with Crippen LogP contribution in [0.15, 0.2) is 0 Å². The molecule has 0 saturated carbocycles. The molecule has 0 aromatic carbocycles. The average molecular weight is 191 g/mol. The zero-order valence-corrected chi connectivity index (χ0v) is 8.53. The number of carboxylic acids is 2. The van der Waals surface area contributed by atoms with E-state index in [-0.39, 0.29) is 40.5 Å². The van der Waals surface area contributed by atoms with Crippen LogP contribution in [0.2, 0.25) is 0 Å². The number of rotatable bonds is 3. The van der Waals surface area contributed by atoms with Crippen LogP contribution in [0.25, 0.3) is 0 Å². The molecule has 0 saturated heterocycles. The molecule has 0 aliphatic carbocycles. The molecule has 0 aromatic rings. The molecular formula is C4H10NNaO6. The Bertz CT molecular complexity index is 140. The first-order valence-electron chi connectivity index (χ1n) is 2.22. The van der Waals surface area contributed by atoms with Gasteiger partial charge in [-0.2, -0.15) is 0 Å². The van der Waals surface area contributed by atoms with E-state index in [0.29, 0.717) is 0 Å². The largest absolute Gasteiger partial charge is 1.00 e. The van der Waals surface area contributed by atoms with Crippen LogP contribution >= 0.6 is 0 Å². The smallest absolute Gasteiger partial charge is 0.548 e. The summed E-state index contributed by atoms with van der Waals surface area (Å²) < 4.78 is 0. The molecule has 1 atom stereocenters. The summed E-state index contributed by atoms with van der Waals surface area (Å²) in [6.45, 7) is 0. The monoisotopic (exact) mass is 191 g/mol. The minimum Gasteiger partial charge on any atom is -0.548 e. The molecule has 0 amide bonds. The predicted octanol–water partition coefficient (Wildman–Crippen LogP) is -7.11. The standard InChI is InChI=1S/C4H7NO4.Na.2H2O/c5-2(4(8)9)1-3(6)7;;;/h2H,1,5H2,(H,6,7)(H,8,9);;2*1H2/q;+1;;/p-1. The Labute approximate surface area is 90.5 Å². The topological polar surface area (TPSA) is 166 Å². The molecule has 7 N–H and O–H groups in total. The van der Waals surface area contributed by atoms with Gasteiger partial charge in [-0.05, 0) is 0 Å². The van der Waals surface area contributed by atoms with Gasteiger partial charge in [-0.3, -0.25) is 4.79 Å². The van der Waals surface area contributed by atoms with E-state index in [2.05, 4.69) is 0 Å². The Morgan fingerprint density at radius 1 is 1.42 bits per heavy atom. The molecule has 68 valence electrons. The van der Waals surface area contributed by atoms with E-state index in [4.69, 9.17) is 10.8 Å². The van der Waals surface area contributed by atoms with Crippen LogP contribution in [0.1, 0.15) is 6.42 Å². The van der Waals surface area contributed by atoms with Crippen molar-refractivity contribution in [3.63, 3.8) is 0 Å². The van der Waals surface area contributed by atoms with Gasteiger partial charge in [0.25, 0.3) is 0 Å². The Hall–Kier alpha value is -0.180. The number of carboxylic acid groups (broad SMARTS) is 2. The van der Waals surface area contributed by atoms with Gasteiger partial charge in [-0.1, -0.05) is 0 Å². The third-order valence-electron chi connectivity index (χ3n) is 0.697. The molecule has 7 nitrogen and oxygen atoms in total. The molecule has 0 aliphatic heterocycles. The summed E-state index contributed by atoms with van der Waals surface area (Å²) in [5.74, 6) is -2.79. The SMILES string of the molecule is NC(CC(=O)O)C(=O)[O-].O.O.[Na+]. The molecule has 0 spiro atoms. The predicted molar refractivity (Wildman–Crippen MR) is 32.5 cm³/mol. The molecule has 0 rings (SSSR count). The second-order valence-corrected chi connectivity index (χ2v) is 1.52. The van der Waals surface area contributed by atoms with E-state index < -0.39 is 24.4 Å². The fourth-order valence-electron chi connectivity index (χ4n) is 0.271. The van der Waals surface area contributed by atoms with Gasteiger partial charge in [0.2, 0.25) is 0 Å². The minimum atomic E-state index is -1.54. The number of carbonyl (C=O) groups is 2. The Morgan fingerprint density at radius 3 is 1.83 bits per heavy atom. The Morgan fingerprint density at radius 2 is 1.75 bits per heavy atom. The fourth-order valence-corrected chi connectivity index (χ4v) is 0.271. The first kappa shape index (κ1) is 22.6. The quantitative estimate of drug-likeness (QED) is 0.422. The first-order chi connectivity index (χ1) is 4.04. The van der Waals surface area contributed by atoms with E-state index in [1.165, 1.54) is 0 Å². The van der Waals surface area contributed by atoms with Crippen molar-refractivity contribution in [3.05, 3.63) is 0 Å². The van der Waals surface area contributed by atoms with Gasteiger partial charge in [-0.25, -0.2) is 0 Å². The van der Waals surface area contributed by atoms with E-state index >= 15 is 0 Å². The number of aliphatic carboxylic acids is 2. The van der Waals surface area contributed by atoms with Crippen molar-refractivity contribution >= 4 is 11.9 Å². The zero-order chi connectivity index (χ0) is 7.44. The van der Waals surface area contributed by atoms with Crippen molar-refractivity contribution in [1.29, 1.82) is 0 Å².